The Hall–Kier alpha value is -2.34. The van der Waals surface area contributed by atoms with Crippen LogP contribution in [-0.2, 0) is 24.3 Å². The van der Waals surface area contributed by atoms with E-state index in [1.807, 2.05) is 0 Å². The molecule has 4 rings (SSSR count). The van der Waals surface area contributed by atoms with Gasteiger partial charge in [-0.15, -0.1) is 0 Å². The summed E-state index contributed by atoms with van der Waals surface area (Å²) in [5.41, 5.74) is 0.853. The van der Waals surface area contributed by atoms with Crippen molar-refractivity contribution in [2.24, 2.45) is 0 Å². The number of carboxylic acids is 1. The summed E-state index contributed by atoms with van der Waals surface area (Å²) in [5, 5.41) is 12.9. The lowest BCUT2D eigenvalue weighted by molar-refractivity contribution is -0.142. The molecule has 41 heavy (non-hydrogen) atoms. The molecule has 1 aliphatic heterocycles. The summed E-state index contributed by atoms with van der Waals surface area (Å²) in [5.74, 6) is -2.60. The SMILES string of the molecule is O=C(OC1CC=C(C[C@H](NC(=O)[C@@H]2CCCN2S(=O)(=O)c2cc(Cl)cc(Cl)c2)C(=O)O)CC1)c1c(Cl)cccc1Cl. The Morgan fingerprint density at radius 1 is 1.05 bits per heavy atom. The smallest absolute Gasteiger partial charge is 0.341 e. The first-order valence-corrected chi connectivity index (χ1v) is 15.7. The summed E-state index contributed by atoms with van der Waals surface area (Å²) in [4.78, 5) is 37.6. The summed E-state index contributed by atoms with van der Waals surface area (Å²) in [6.07, 6.45) is 3.23. The van der Waals surface area contributed by atoms with Gasteiger partial charge < -0.3 is 15.2 Å². The van der Waals surface area contributed by atoms with Crippen LogP contribution in [0.1, 0.15) is 48.9 Å². The zero-order valence-corrected chi connectivity index (χ0v) is 25.3. The molecule has 2 aliphatic rings. The number of nitrogens with zero attached hydrogens (tertiary/aromatic N) is 1. The highest BCUT2D eigenvalue weighted by Crippen LogP contribution is 2.31. The van der Waals surface area contributed by atoms with Gasteiger partial charge in [-0.3, -0.25) is 4.79 Å². The van der Waals surface area contributed by atoms with E-state index in [4.69, 9.17) is 51.1 Å². The van der Waals surface area contributed by atoms with E-state index in [1.165, 1.54) is 30.3 Å². The van der Waals surface area contributed by atoms with E-state index in [2.05, 4.69) is 5.32 Å². The largest absolute Gasteiger partial charge is 0.480 e. The molecule has 3 atom stereocenters. The van der Waals surface area contributed by atoms with Gasteiger partial charge in [-0.1, -0.05) is 64.1 Å². The number of carbonyl (C=O) groups excluding carboxylic acids is 2. The van der Waals surface area contributed by atoms with Crippen molar-refractivity contribution in [1.82, 2.24) is 9.62 Å². The molecular weight excluding hydrogens is 638 g/mol. The molecule has 2 aromatic carbocycles. The zero-order valence-electron chi connectivity index (χ0n) is 21.5. The van der Waals surface area contributed by atoms with E-state index in [-0.39, 0.29) is 49.9 Å². The maximum atomic E-state index is 13.3. The van der Waals surface area contributed by atoms with Crippen LogP contribution in [0.25, 0.3) is 0 Å². The van der Waals surface area contributed by atoms with Gasteiger partial charge in [0.25, 0.3) is 0 Å². The Kier molecular flexibility index (Phi) is 10.3. The van der Waals surface area contributed by atoms with E-state index in [0.717, 1.165) is 9.88 Å². The Balaban J connectivity index is 1.39. The van der Waals surface area contributed by atoms with Gasteiger partial charge in [0.15, 0.2) is 0 Å². The van der Waals surface area contributed by atoms with Gasteiger partial charge in [0.2, 0.25) is 15.9 Å². The first-order valence-electron chi connectivity index (χ1n) is 12.7. The zero-order chi connectivity index (χ0) is 29.9. The second kappa shape index (κ2) is 13.3. The minimum absolute atomic E-state index is 0.0153. The molecule has 0 radical (unpaired) electrons. The average Bonchev–Trinajstić information content (AvgIpc) is 3.40. The quantitative estimate of drug-likeness (QED) is 0.258. The lowest BCUT2D eigenvalue weighted by Crippen LogP contribution is -2.51. The lowest BCUT2D eigenvalue weighted by Gasteiger charge is -2.27. The van der Waals surface area contributed by atoms with Gasteiger partial charge in [-0.2, -0.15) is 4.31 Å². The maximum Gasteiger partial charge on any atom is 0.341 e. The number of rotatable bonds is 9. The van der Waals surface area contributed by atoms with Crippen LogP contribution in [0.4, 0.5) is 0 Å². The molecule has 220 valence electrons. The molecule has 0 spiro atoms. The van der Waals surface area contributed by atoms with E-state index < -0.39 is 46.1 Å². The third-order valence-electron chi connectivity index (χ3n) is 6.93. The number of carboxylic acid groups (broad SMARTS) is 1. The predicted molar refractivity (Wildman–Crippen MR) is 155 cm³/mol. The summed E-state index contributed by atoms with van der Waals surface area (Å²) >= 11 is 24.1. The molecule has 0 saturated carbocycles. The van der Waals surface area contributed by atoms with Gasteiger partial charge in [0.05, 0.1) is 20.5 Å². The molecular formula is C27H26Cl4N2O7S. The third-order valence-corrected chi connectivity index (χ3v) is 9.88. The van der Waals surface area contributed by atoms with Crippen LogP contribution in [0.5, 0.6) is 0 Å². The van der Waals surface area contributed by atoms with Crippen molar-refractivity contribution < 1.29 is 32.6 Å². The first-order chi connectivity index (χ1) is 19.4. The Morgan fingerprint density at radius 2 is 1.71 bits per heavy atom. The van der Waals surface area contributed by atoms with Crippen LogP contribution in [0.15, 0.2) is 52.9 Å². The number of hydrogen-bond donors (Lipinski definition) is 2. The van der Waals surface area contributed by atoms with Crippen LogP contribution >= 0.6 is 46.4 Å². The van der Waals surface area contributed by atoms with Crippen molar-refractivity contribution in [3.8, 4) is 0 Å². The average molecular weight is 664 g/mol. The van der Waals surface area contributed by atoms with Crippen LogP contribution < -0.4 is 5.32 Å². The number of carbonyl (C=O) groups is 3. The van der Waals surface area contributed by atoms with Crippen molar-refractivity contribution in [2.75, 3.05) is 6.54 Å². The van der Waals surface area contributed by atoms with Crippen LogP contribution in [0.3, 0.4) is 0 Å². The van der Waals surface area contributed by atoms with Crippen LogP contribution in [-0.4, -0.2) is 60.4 Å². The molecule has 2 N–H and O–H groups in total. The fraction of sp³-hybridized carbons (Fsp3) is 0.370. The monoisotopic (exact) mass is 662 g/mol. The van der Waals surface area contributed by atoms with Crippen molar-refractivity contribution in [2.45, 2.75) is 61.6 Å². The van der Waals surface area contributed by atoms with Crippen molar-refractivity contribution in [3.63, 3.8) is 0 Å². The highest BCUT2D eigenvalue weighted by atomic mass is 35.5. The normalized spacial score (nSPS) is 20.2. The number of esters is 1. The Labute approximate surface area is 257 Å². The molecule has 1 amide bonds. The summed E-state index contributed by atoms with van der Waals surface area (Å²) < 4.78 is 33.2. The molecule has 1 aliphatic carbocycles. The summed E-state index contributed by atoms with van der Waals surface area (Å²) in [6.45, 7) is 0.0902. The van der Waals surface area contributed by atoms with Crippen molar-refractivity contribution in [1.29, 1.82) is 0 Å². The number of ether oxygens (including phenoxy) is 1. The number of benzene rings is 2. The maximum absolute atomic E-state index is 13.3. The van der Waals surface area contributed by atoms with Crippen LogP contribution in [0.2, 0.25) is 20.1 Å². The predicted octanol–water partition coefficient (Wildman–Crippen LogP) is 5.75. The molecule has 14 heteroatoms. The summed E-state index contributed by atoms with van der Waals surface area (Å²) in [7, 11) is -4.12. The van der Waals surface area contributed by atoms with Crippen LogP contribution in [0, 0.1) is 0 Å². The highest BCUT2D eigenvalue weighted by molar-refractivity contribution is 7.89. The molecule has 0 aromatic heterocycles. The van der Waals surface area contributed by atoms with Gasteiger partial charge in [-0.25, -0.2) is 18.0 Å². The molecule has 0 bridgehead atoms. The number of aliphatic carboxylic acids is 1. The van der Waals surface area contributed by atoms with E-state index >= 15 is 0 Å². The standard InChI is InChI=1S/C27H26Cl4N2O7S/c28-16-12-17(29)14-19(13-16)41(38,39)33-10-2-5-23(33)25(34)32-22(26(35)36)11-15-6-8-18(9-7-15)40-27(37)24-20(30)3-1-4-21(24)31/h1,3-4,6,12-14,18,22-23H,2,5,7-11H2,(H,32,34)(H,35,36)/t18?,22-,23-/m0/s1. The molecule has 1 heterocycles. The number of halogens is 4. The van der Waals surface area contributed by atoms with Crippen molar-refractivity contribution >= 4 is 74.3 Å². The fourth-order valence-corrected chi connectivity index (χ4v) is 7.83. The lowest BCUT2D eigenvalue weighted by atomic mass is 9.92. The van der Waals surface area contributed by atoms with Gasteiger partial charge in [0.1, 0.15) is 18.2 Å². The molecule has 1 fully saturated rings. The number of hydrogen-bond acceptors (Lipinski definition) is 6. The second-order valence-electron chi connectivity index (χ2n) is 9.74. The molecule has 2 aromatic rings. The van der Waals surface area contributed by atoms with E-state index in [1.54, 1.807) is 12.1 Å². The third kappa shape index (κ3) is 7.55. The summed E-state index contributed by atoms with van der Waals surface area (Å²) in [6, 6.07) is 6.23. The number of amides is 1. The van der Waals surface area contributed by atoms with Gasteiger partial charge in [0, 0.05) is 23.0 Å². The highest BCUT2D eigenvalue weighted by Gasteiger charge is 2.41. The molecule has 9 nitrogen and oxygen atoms in total. The topological polar surface area (TPSA) is 130 Å². The Morgan fingerprint density at radius 3 is 2.29 bits per heavy atom. The van der Waals surface area contributed by atoms with Gasteiger partial charge in [-0.05, 0) is 62.4 Å². The molecule has 1 unspecified atom stereocenters. The minimum atomic E-state index is -4.12. The van der Waals surface area contributed by atoms with E-state index in [9.17, 15) is 27.9 Å². The second-order valence-corrected chi connectivity index (χ2v) is 13.3. The molecule has 1 saturated heterocycles. The fourth-order valence-electron chi connectivity index (χ4n) is 4.89. The van der Waals surface area contributed by atoms with E-state index in [0.29, 0.717) is 25.7 Å². The van der Waals surface area contributed by atoms with Gasteiger partial charge >= 0.3 is 11.9 Å². The first kappa shape index (κ1) is 31.6. The Bertz CT molecular complexity index is 1460. The minimum Gasteiger partial charge on any atom is -0.480 e. The number of sulfonamides is 1. The number of nitrogens with one attached hydrogen (secondary N) is 1. The van der Waals surface area contributed by atoms with Crippen molar-refractivity contribution in [3.05, 3.63) is 73.7 Å².